The van der Waals surface area contributed by atoms with Crippen LogP contribution in [0.25, 0.3) is 0 Å². The van der Waals surface area contributed by atoms with Gasteiger partial charge in [0.15, 0.2) is 0 Å². The van der Waals surface area contributed by atoms with E-state index in [0.29, 0.717) is 0 Å². The van der Waals surface area contributed by atoms with Crippen molar-refractivity contribution in [3.63, 3.8) is 0 Å². The molecule has 0 saturated carbocycles. The van der Waals surface area contributed by atoms with Gasteiger partial charge in [0.05, 0.1) is 0 Å². The van der Waals surface area contributed by atoms with Crippen LogP contribution in [0.3, 0.4) is 0 Å². The first kappa shape index (κ1) is 25.7. The molecule has 5 aromatic carbocycles. The maximum Gasteiger partial charge on any atom is 0.252 e. The fraction of sp³-hybridized carbons (Fsp3) is 0.211. The first-order valence-corrected chi connectivity index (χ1v) is 14.7. The summed E-state index contributed by atoms with van der Waals surface area (Å²) < 4.78 is 0. The third-order valence-corrected chi connectivity index (χ3v) is 8.96. The summed E-state index contributed by atoms with van der Waals surface area (Å²) in [6, 6.07) is 36.6. The van der Waals surface area contributed by atoms with Crippen LogP contribution in [-0.4, -0.2) is 6.71 Å². The number of nitrogens with zero attached hydrogens (tertiary/aromatic N) is 2. The molecule has 0 radical (unpaired) electrons. The molecule has 0 unspecified atom stereocenters. The van der Waals surface area contributed by atoms with E-state index in [2.05, 4.69) is 155 Å². The Kier molecular flexibility index (Phi) is 5.73. The fourth-order valence-corrected chi connectivity index (χ4v) is 6.83. The summed E-state index contributed by atoms with van der Waals surface area (Å²) in [7, 11) is 0. The van der Waals surface area contributed by atoms with Gasteiger partial charge in [0.1, 0.15) is 0 Å². The number of hydrogen-bond donors (Lipinski definition) is 0. The van der Waals surface area contributed by atoms with Gasteiger partial charge in [-0.1, -0.05) is 92.6 Å². The quantitative estimate of drug-likeness (QED) is 0.207. The molecule has 0 saturated heterocycles. The van der Waals surface area contributed by atoms with Crippen molar-refractivity contribution in [3.8, 4) is 0 Å². The van der Waals surface area contributed by atoms with Crippen molar-refractivity contribution in [2.24, 2.45) is 0 Å². The molecule has 0 aliphatic carbocycles. The zero-order chi connectivity index (χ0) is 28.6. The van der Waals surface area contributed by atoms with Crippen LogP contribution in [0.5, 0.6) is 0 Å². The van der Waals surface area contributed by atoms with Crippen molar-refractivity contribution >= 4 is 57.2 Å². The first-order valence-electron chi connectivity index (χ1n) is 14.7. The summed E-state index contributed by atoms with van der Waals surface area (Å²) in [5.41, 5.74) is 18.2. The maximum atomic E-state index is 2.53. The average molecular weight is 533 g/mol. The largest absolute Gasteiger partial charge is 0.311 e. The summed E-state index contributed by atoms with van der Waals surface area (Å²) >= 11 is 0. The minimum atomic E-state index is -0.0169. The number of para-hydroxylation sites is 2. The SMILES string of the molecule is Cc1ccc2c(c1)B1c3cc(C)ccc3N(c3ccccc3C)c3cc(C(C)(C)C)cc(c31)N2c1ccccc1C. The minimum absolute atomic E-state index is 0.0169. The first-order chi connectivity index (χ1) is 19.6. The molecule has 0 N–H and O–H groups in total. The molecule has 0 atom stereocenters. The molecular weight excluding hydrogens is 495 g/mol. The second-order valence-corrected chi connectivity index (χ2v) is 13.0. The Balaban J connectivity index is 1.66. The Hall–Kier alpha value is -4.24. The van der Waals surface area contributed by atoms with E-state index >= 15 is 0 Å². The van der Waals surface area contributed by atoms with Crippen molar-refractivity contribution in [1.82, 2.24) is 0 Å². The molecule has 2 heterocycles. The van der Waals surface area contributed by atoms with E-state index in [0.717, 1.165) is 0 Å². The molecule has 0 spiro atoms. The summed E-state index contributed by atoms with van der Waals surface area (Å²) in [6.45, 7) is 16.0. The highest BCUT2D eigenvalue weighted by Crippen LogP contribution is 2.47. The number of aryl methyl sites for hydroxylation is 4. The fourth-order valence-electron chi connectivity index (χ4n) is 6.83. The van der Waals surface area contributed by atoms with E-state index in [4.69, 9.17) is 0 Å². The molecule has 2 aliphatic heterocycles. The van der Waals surface area contributed by atoms with Gasteiger partial charge >= 0.3 is 0 Å². The Labute approximate surface area is 245 Å². The lowest BCUT2D eigenvalue weighted by atomic mass is 9.33. The highest BCUT2D eigenvalue weighted by Gasteiger charge is 2.44. The molecule has 0 amide bonds. The van der Waals surface area contributed by atoms with Crippen LogP contribution < -0.4 is 26.2 Å². The van der Waals surface area contributed by atoms with Gasteiger partial charge in [-0.15, -0.1) is 0 Å². The third-order valence-electron chi connectivity index (χ3n) is 8.96. The van der Waals surface area contributed by atoms with E-state index in [1.807, 2.05) is 0 Å². The van der Waals surface area contributed by atoms with E-state index in [1.54, 1.807) is 0 Å². The third kappa shape index (κ3) is 3.94. The normalized spacial score (nSPS) is 13.6. The van der Waals surface area contributed by atoms with Gasteiger partial charge in [0.2, 0.25) is 0 Å². The Morgan fingerprint density at radius 1 is 0.488 bits per heavy atom. The summed E-state index contributed by atoms with van der Waals surface area (Å²) in [5, 5.41) is 0. The standard InChI is InChI=1S/C38H37BN2/c1-24-16-18-33-29(20-24)39-30-21-25(2)17-19-34(30)41(32-15-11-9-13-27(32)4)36-23-28(38(5,6)7)22-35(37(36)39)40(33)31-14-10-8-12-26(31)3/h8-23H,1-7H3. The number of fused-ring (bicyclic) bond motifs is 4. The number of hydrogen-bond acceptors (Lipinski definition) is 2. The number of anilines is 6. The van der Waals surface area contributed by atoms with E-state index in [1.165, 1.54) is 78.3 Å². The molecule has 2 aliphatic rings. The summed E-state index contributed by atoms with van der Waals surface area (Å²) in [5.74, 6) is 0. The van der Waals surface area contributed by atoms with Gasteiger partial charge in [-0.05, 0) is 103 Å². The zero-order valence-electron chi connectivity index (χ0n) is 25.2. The van der Waals surface area contributed by atoms with E-state index < -0.39 is 0 Å². The zero-order valence-corrected chi connectivity index (χ0v) is 25.2. The molecule has 2 nitrogen and oxygen atoms in total. The number of benzene rings is 5. The van der Waals surface area contributed by atoms with Crippen molar-refractivity contribution in [1.29, 1.82) is 0 Å². The molecular formula is C38H37BN2. The lowest BCUT2D eigenvalue weighted by molar-refractivity contribution is 0.590. The topological polar surface area (TPSA) is 6.48 Å². The van der Waals surface area contributed by atoms with Gasteiger partial charge in [-0.2, -0.15) is 0 Å². The molecule has 5 aromatic rings. The predicted molar refractivity (Wildman–Crippen MR) is 178 cm³/mol. The van der Waals surface area contributed by atoms with Crippen LogP contribution in [0, 0.1) is 27.7 Å². The van der Waals surface area contributed by atoms with Crippen molar-refractivity contribution in [2.45, 2.75) is 53.9 Å². The van der Waals surface area contributed by atoms with Crippen LogP contribution in [0.15, 0.2) is 97.1 Å². The molecule has 3 heteroatoms. The highest BCUT2D eigenvalue weighted by molar-refractivity contribution is 7.00. The van der Waals surface area contributed by atoms with E-state index in [9.17, 15) is 0 Å². The molecule has 0 aromatic heterocycles. The van der Waals surface area contributed by atoms with Crippen molar-refractivity contribution < 1.29 is 0 Å². The van der Waals surface area contributed by atoms with Crippen LogP contribution in [0.1, 0.15) is 48.6 Å². The molecule has 0 fully saturated rings. The van der Waals surface area contributed by atoms with Crippen molar-refractivity contribution in [2.75, 3.05) is 9.80 Å². The second-order valence-electron chi connectivity index (χ2n) is 13.0. The summed E-state index contributed by atoms with van der Waals surface area (Å²) in [6.07, 6.45) is 0. The lowest BCUT2D eigenvalue weighted by Crippen LogP contribution is -2.61. The minimum Gasteiger partial charge on any atom is -0.311 e. The molecule has 7 rings (SSSR count). The van der Waals surface area contributed by atoms with E-state index in [-0.39, 0.29) is 12.1 Å². The molecule has 41 heavy (non-hydrogen) atoms. The van der Waals surface area contributed by atoms with Crippen LogP contribution >= 0.6 is 0 Å². The Morgan fingerprint density at radius 3 is 1.34 bits per heavy atom. The lowest BCUT2D eigenvalue weighted by Gasteiger charge is -2.45. The van der Waals surface area contributed by atoms with Crippen molar-refractivity contribution in [3.05, 3.63) is 125 Å². The second kappa shape index (κ2) is 9.14. The maximum absolute atomic E-state index is 2.53. The Morgan fingerprint density at radius 2 is 0.927 bits per heavy atom. The average Bonchev–Trinajstić information content (AvgIpc) is 2.93. The molecule has 0 bridgehead atoms. The van der Waals surface area contributed by atoms with Gasteiger partial charge < -0.3 is 9.80 Å². The molecule has 202 valence electrons. The summed E-state index contributed by atoms with van der Waals surface area (Å²) in [4.78, 5) is 5.07. The highest BCUT2D eigenvalue weighted by atomic mass is 15.2. The number of rotatable bonds is 2. The van der Waals surface area contributed by atoms with Gasteiger partial charge in [0, 0.05) is 34.1 Å². The van der Waals surface area contributed by atoms with Crippen LogP contribution in [0.4, 0.5) is 34.1 Å². The van der Waals surface area contributed by atoms with Gasteiger partial charge in [0.25, 0.3) is 6.71 Å². The van der Waals surface area contributed by atoms with Gasteiger partial charge in [-0.25, -0.2) is 0 Å². The monoisotopic (exact) mass is 532 g/mol. The van der Waals surface area contributed by atoms with Crippen LogP contribution in [-0.2, 0) is 5.41 Å². The van der Waals surface area contributed by atoms with Crippen LogP contribution in [0.2, 0.25) is 0 Å². The predicted octanol–water partition coefficient (Wildman–Crippen LogP) is 8.30. The van der Waals surface area contributed by atoms with Gasteiger partial charge in [-0.3, -0.25) is 0 Å². The Bertz CT molecular complexity index is 1720. The smallest absolute Gasteiger partial charge is 0.252 e.